The molecule has 0 aliphatic carbocycles. The molecule has 0 aliphatic rings. The molecule has 0 spiro atoms. The van der Waals surface area contributed by atoms with Gasteiger partial charge in [-0.1, -0.05) is 6.07 Å². The molecule has 9 nitrogen and oxygen atoms in total. The monoisotopic (exact) mass is 548 g/mol. The molecule has 0 amide bonds. The lowest BCUT2D eigenvalue weighted by molar-refractivity contribution is 0.374. The van der Waals surface area contributed by atoms with Crippen molar-refractivity contribution < 1.29 is 40.8 Å². The zero-order valence-corrected chi connectivity index (χ0v) is 22.7. The smallest absolute Gasteiger partial charge is 0.339 e. The van der Waals surface area contributed by atoms with Crippen molar-refractivity contribution in [1.82, 2.24) is 0 Å². The molecule has 37 heavy (non-hydrogen) atoms. The molecule has 198 valence electrons. The van der Waals surface area contributed by atoms with Crippen LogP contribution in [-0.2, 0) is 27.0 Å². The topological polar surface area (TPSA) is 113 Å². The van der Waals surface area contributed by atoms with Gasteiger partial charge in [-0.3, -0.25) is 0 Å². The Morgan fingerprint density at radius 3 is 1.86 bits per heavy atom. The van der Waals surface area contributed by atoms with Gasteiger partial charge in [-0.25, -0.2) is 0 Å². The van der Waals surface area contributed by atoms with E-state index in [2.05, 4.69) is 0 Å². The number of benzene rings is 3. The number of hydrogen-bond acceptors (Lipinski definition) is 9. The van der Waals surface area contributed by atoms with Crippen molar-refractivity contribution in [3.05, 3.63) is 71.1 Å². The highest BCUT2D eigenvalue weighted by molar-refractivity contribution is 7.93. The van der Waals surface area contributed by atoms with Gasteiger partial charge in [-0.05, 0) is 47.6 Å². The summed E-state index contributed by atoms with van der Waals surface area (Å²) in [5.74, 6) is 2.35. The Balaban J connectivity index is 1.81. The van der Waals surface area contributed by atoms with E-state index in [1.54, 1.807) is 30.3 Å². The summed E-state index contributed by atoms with van der Waals surface area (Å²) in [4.78, 5) is -0.0466. The van der Waals surface area contributed by atoms with Gasteiger partial charge >= 0.3 is 10.1 Å². The number of hydrogen-bond donors (Lipinski definition) is 0. The molecular weight excluding hydrogens is 520 g/mol. The minimum absolute atomic E-state index is 0.0182. The third kappa shape index (κ3) is 7.03. The molecule has 0 N–H and O–H groups in total. The van der Waals surface area contributed by atoms with Crippen LogP contribution in [0.4, 0.5) is 0 Å². The summed E-state index contributed by atoms with van der Waals surface area (Å²) in [7, 11) is 3.31. The van der Waals surface area contributed by atoms with E-state index in [1.165, 1.54) is 71.3 Å². The van der Waals surface area contributed by atoms with Gasteiger partial charge in [-0.2, -0.15) is 8.42 Å². The van der Waals surface area contributed by atoms with Crippen LogP contribution in [0.2, 0.25) is 0 Å². The van der Waals surface area contributed by atoms with Gasteiger partial charge in [0.05, 0.1) is 41.1 Å². The Morgan fingerprint density at radius 1 is 0.730 bits per heavy atom. The van der Waals surface area contributed by atoms with E-state index in [0.29, 0.717) is 34.1 Å². The molecule has 3 aromatic carbocycles. The summed E-state index contributed by atoms with van der Waals surface area (Å²) in [5.41, 5.74) is 1.18. The van der Waals surface area contributed by atoms with Crippen molar-refractivity contribution in [2.45, 2.75) is 10.6 Å². The fourth-order valence-electron chi connectivity index (χ4n) is 3.34. The van der Waals surface area contributed by atoms with Crippen molar-refractivity contribution in [2.24, 2.45) is 0 Å². The maximum atomic E-state index is 12.9. The van der Waals surface area contributed by atoms with Crippen molar-refractivity contribution in [3.8, 4) is 34.5 Å². The van der Waals surface area contributed by atoms with Crippen LogP contribution < -0.4 is 27.9 Å². The lowest BCUT2D eigenvalue weighted by Crippen LogP contribution is -2.11. The highest BCUT2D eigenvalue weighted by Gasteiger charge is 2.21. The molecule has 3 rings (SSSR count). The van der Waals surface area contributed by atoms with Crippen LogP contribution in [0, 0.1) is 0 Å². The summed E-state index contributed by atoms with van der Waals surface area (Å²) in [6, 6.07) is 13.9. The Hall–Kier alpha value is -3.54. The molecular formula is C26H28O9S2. The Bertz CT molecular complexity index is 1310. The molecule has 0 heterocycles. The molecule has 0 fully saturated rings. The molecule has 11 heteroatoms. The van der Waals surface area contributed by atoms with Gasteiger partial charge in [0.2, 0.25) is 0 Å². The van der Waals surface area contributed by atoms with Gasteiger partial charge in [0, 0.05) is 23.8 Å². The number of methoxy groups -OCH3 is 5. The fraction of sp³-hybridized carbons (Fsp3) is 0.231. The second-order valence-electron chi connectivity index (χ2n) is 7.47. The van der Waals surface area contributed by atoms with Gasteiger partial charge in [0.15, 0.2) is 11.5 Å². The average Bonchev–Trinajstić information content (AvgIpc) is 2.91. The quantitative estimate of drug-likeness (QED) is 0.240. The molecule has 0 aromatic heterocycles. The van der Waals surface area contributed by atoms with Gasteiger partial charge in [0.1, 0.15) is 39.1 Å². The normalized spacial score (nSPS) is 12.2. The maximum absolute atomic E-state index is 12.9. The summed E-state index contributed by atoms with van der Waals surface area (Å²) >= 11 is -1.46. The zero-order chi connectivity index (χ0) is 27.0. The average molecular weight is 549 g/mol. The van der Waals surface area contributed by atoms with Crippen LogP contribution in [0.15, 0.2) is 64.9 Å². The third-order valence-corrected chi connectivity index (χ3v) is 7.53. The zero-order valence-electron chi connectivity index (χ0n) is 21.0. The van der Waals surface area contributed by atoms with Crippen LogP contribution in [0.3, 0.4) is 0 Å². The van der Waals surface area contributed by atoms with E-state index in [4.69, 9.17) is 27.9 Å². The van der Waals surface area contributed by atoms with Crippen LogP contribution in [0.5, 0.6) is 34.5 Å². The fourth-order valence-corrected chi connectivity index (χ4v) is 5.16. The van der Waals surface area contributed by atoms with Crippen LogP contribution in [-0.4, -0.2) is 48.5 Å². The van der Waals surface area contributed by atoms with Crippen LogP contribution >= 0.6 is 0 Å². The number of rotatable bonds is 12. The first kappa shape index (κ1) is 28.0. The van der Waals surface area contributed by atoms with E-state index < -0.39 is 21.3 Å². The van der Waals surface area contributed by atoms with E-state index in [9.17, 15) is 13.0 Å². The lowest BCUT2D eigenvalue weighted by Gasteiger charge is -2.14. The highest BCUT2D eigenvalue weighted by Crippen LogP contribution is 2.36. The predicted molar refractivity (Wildman–Crippen MR) is 141 cm³/mol. The Kier molecular flexibility index (Phi) is 9.56. The third-order valence-electron chi connectivity index (χ3n) is 5.22. The second kappa shape index (κ2) is 12.6. The summed E-state index contributed by atoms with van der Waals surface area (Å²) in [5, 5.41) is 1.51. The molecule has 1 atom stereocenters. The second-order valence-corrected chi connectivity index (χ2v) is 10.3. The molecule has 0 saturated carbocycles. The first-order valence-corrected chi connectivity index (χ1v) is 13.6. The molecule has 0 bridgehead atoms. The van der Waals surface area contributed by atoms with Crippen LogP contribution in [0.1, 0.15) is 11.1 Å². The summed E-state index contributed by atoms with van der Waals surface area (Å²) < 4.78 is 70.2. The van der Waals surface area contributed by atoms with Crippen molar-refractivity contribution in [1.29, 1.82) is 0 Å². The molecule has 0 saturated heterocycles. The summed E-state index contributed by atoms with van der Waals surface area (Å²) in [6.07, 6.45) is 1.64. The SMILES string of the molecule is COc1ccc(S(=O)(=O)Oc2cc(C[S+]([O-])/C=C/c3c(OC)cc(OC)cc3OC)ccc2OC)cc1. The molecule has 0 radical (unpaired) electrons. The van der Waals surface area contributed by atoms with E-state index in [0.717, 1.165) is 0 Å². The van der Waals surface area contributed by atoms with Crippen molar-refractivity contribution in [2.75, 3.05) is 35.5 Å². The predicted octanol–water partition coefficient (Wildman–Crippen LogP) is 4.42. The highest BCUT2D eigenvalue weighted by atomic mass is 32.2. The minimum Gasteiger partial charge on any atom is -0.612 e. The first-order valence-electron chi connectivity index (χ1n) is 10.9. The van der Waals surface area contributed by atoms with Gasteiger partial charge < -0.3 is 32.4 Å². The molecule has 0 aliphatic heterocycles. The Morgan fingerprint density at radius 2 is 1.32 bits per heavy atom. The standard InChI is InChI=1S/C26H28O9S2/c1-30-19-7-9-21(10-8-19)37(28,29)35-26-14-18(6-11-23(26)32-3)17-36(27)13-12-22-24(33-4)15-20(31-2)16-25(22)34-5/h6-16H,17H2,1-5H3/b13-12+. The Labute approximate surface area is 219 Å². The van der Waals surface area contributed by atoms with E-state index >= 15 is 0 Å². The minimum atomic E-state index is -4.15. The lowest BCUT2D eigenvalue weighted by atomic mass is 10.1. The number of ether oxygens (including phenoxy) is 5. The molecule has 1 unspecified atom stereocenters. The van der Waals surface area contributed by atoms with Gasteiger partial charge in [0.25, 0.3) is 0 Å². The van der Waals surface area contributed by atoms with Crippen molar-refractivity contribution >= 4 is 27.4 Å². The first-order chi connectivity index (χ1) is 17.7. The largest absolute Gasteiger partial charge is 0.612 e. The molecule has 3 aromatic rings. The summed E-state index contributed by atoms with van der Waals surface area (Å²) in [6.45, 7) is 0. The van der Waals surface area contributed by atoms with E-state index in [1.807, 2.05) is 0 Å². The maximum Gasteiger partial charge on any atom is 0.339 e. The van der Waals surface area contributed by atoms with E-state index in [-0.39, 0.29) is 22.1 Å². The van der Waals surface area contributed by atoms with Crippen LogP contribution in [0.25, 0.3) is 6.08 Å². The van der Waals surface area contributed by atoms with Crippen molar-refractivity contribution in [3.63, 3.8) is 0 Å². The van der Waals surface area contributed by atoms with Gasteiger partial charge in [-0.15, -0.1) is 0 Å².